The van der Waals surface area contributed by atoms with Crippen LogP contribution >= 0.6 is 20.2 Å². The van der Waals surface area contributed by atoms with Gasteiger partial charge in [-0.1, -0.05) is 196 Å². The number of unbranched alkanes of at least 4 members (excludes halogenated alkanes) is 5. The van der Waals surface area contributed by atoms with Gasteiger partial charge in [0.25, 0.3) is 0 Å². The molecular formula is C52H103ClNP. The molecule has 0 aromatic heterocycles. The van der Waals surface area contributed by atoms with Gasteiger partial charge in [0.15, 0.2) is 0 Å². The number of alkyl halides is 1. The Balaban J connectivity index is -0.000000145. The highest BCUT2D eigenvalue weighted by atomic mass is 35.5. The molecule has 0 fully saturated rings. The van der Waals surface area contributed by atoms with E-state index in [1.54, 1.807) is 17.2 Å². The van der Waals surface area contributed by atoms with Gasteiger partial charge in [-0.25, -0.2) is 0 Å². The Morgan fingerprint density at radius 2 is 1.25 bits per heavy atom. The van der Waals surface area contributed by atoms with Crippen molar-refractivity contribution in [3.63, 3.8) is 0 Å². The quantitative estimate of drug-likeness (QED) is 0.0721. The number of allylic oxidation sites excluding steroid dienone is 6. The van der Waals surface area contributed by atoms with Crippen LogP contribution < -0.4 is 5.73 Å². The van der Waals surface area contributed by atoms with E-state index in [2.05, 4.69) is 145 Å². The van der Waals surface area contributed by atoms with Gasteiger partial charge in [0.2, 0.25) is 0 Å². The second kappa shape index (κ2) is 52.9. The molecule has 1 aliphatic rings. The first-order valence-electron chi connectivity index (χ1n) is 22.9. The maximum Gasteiger partial charge on any atom is 0.0108 e. The molecule has 3 heteroatoms. The molecule has 0 saturated carbocycles. The molecule has 0 radical (unpaired) electrons. The lowest BCUT2D eigenvalue weighted by Crippen LogP contribution is -2.04. The van der Waals surface area contributed by atoms with Gasteiger partial charge in [-0.2, -0.15) is 0 Å². The summed E-state index contributed by atoms with van der Waals surface area (Å²) in [6.07, 6.45) is 31.4. The lowest BCUT2D eigenvalue weighted by Gasteiger charge is -2.22. The van der Waals surface area contributed by atoms with Gasteiger partial charge in [-0.15, -0.1) is 26.8 Å². The highest BCUT2D eigenvalue weighted by molar-refractivity contribution is 7.37. The van der Waals surface area contributed by atoms with Crippen LogP contribution in [-0.4, -0.2) is 25.3 Å². The fraction of sp³-hybridized carbons (Fsp3) is 0.731. The summed E-state index contributed by atoms with van der Waals surface area (Å²) in [6, 6.07) is 4.84. The molecule has 3 unspecified atom stereocenters. The van der Waals surface area contributed by atoms with E-state index in [1.165, 1.54) is 120 Å². The zero-order valence-corrected chi connectivity index (χ0v) is 42.9. The number of nitrogens with two attached hydrogens (primary N) is 1. The fourth-order valence-corrected chi connectivity index (χ4v) is 6.87. The van der Waals surface area contributed by atoms with Crippen LogP contribution in [0.1, 0.15) is 242 Å². The predicted molar refractivity (Wildman–Crippen MR) is 270 cm³/mol. The molecule has 2 N–H and O–H groups in total. The molecule has 2 rings (SSSR count). The third-order valence-corrected chi connectivity index (χ3v) is 10.4. The van der Waals surface area contributed by atoms with Crippen LogP contribution in [0.2, 0.25) is 0 Å². The van der Waals surface area contributed by atoms with Crippen molar-refractivity contribution in [1.82, 2.24) is 0 Å². The number of benzene rings is 1. The van der Waals surface area contributed by atoms with E-state index in [9.17, 15) is 0 Å². The zero-order valence-electron chi connectivity index (χ0n) is 41.1. The van der Waals surface area contributed by atoms with Crippen molar-refractivity contribution in [3.05, 3.63) is 76.4 Å². The van der Waals surface area contributed by atoms with E-state index in [0.717, 1.165) is 13.0 Å². The van der Waals surface area contributed by atoms with E-state index in [0.29, 0.717) is 23.7 Å². The van der Waals surface area contributed by atoms with Gasteiger partial charge in [-0.05, 0) is 124 Å². The van der Waals surface area contributed by atoms with Crippen LogP contribution in [0.3, 0.4) is 0 Å². The Morgan fingerprint density at radius 1 is 0.782 bits per heavy atom. The average Bonchev–Trinajstić information content (AvgIpc) is 3.20. The van der Waals surface area contributed by atoms with Crippen molar-refractivity contribution < 1.29 is 0 Å². The molecule has 55 heavy (non-hydrogen) atoms. The number of hydrogen-bond acceptors (Lipinski definition) is 1. The Bertz CT molecular complexity index is 976. The minimum absolute atomic E-state index is 0.577. The van der Waals surface area contributed by atoms with Crippen molar-refractivity contribution in [1.29, 1.82) is 0 Å². The molecule has 1 nitrogen and oxygen atoms in total. The maximum atomic E-state index is 5.03. The molecule has 0 bridgehead atoms. The van der Waals surface area contributed by atoms with Gasteiger partial charge in [0, 0.05) is 6.38 Å². The Morgan fingerprint density at radius 3 is 1.64 bits per heavy atom. The maximum absolute atomic E-state index is 5.03. The Hall–Kier alpha value is -1.14. The van der Waals surface area contributed by atoms with Gasteiger partial charge >= 0.3 is 0 Å². The van der Waals surface area contributed by atoms with Crippen LogP contribution in [0.25, 0.3) is 6.08 Å². The Labute approximate surface area is 357 Å². The van der Waals surface area contributed by atoms with Crippen LogP contribution in [0, 0.1) is 5.92 Å². The minimum Gasteiger partial charge on any atom is -0.330 e. The SMILES string of the molecule is C/C=C/c1c(C(C)C)cc(C(C)C)cc1C(C)CC.C=CC.CC.CC.CCCC1=C(C)CC=CC1C.CCCCCCPCCCCC.CCCN.CCl. The fourth-order valence-electron chi connectivity index (χ4n) is 5.62. The zero-order chi connectivity index (χ0) is 44.0. The van der Waals surface area contributed by atoms with E-state index in [1.807, 2.05) is 34.6 Å². The lowest BCUT2D eigenvalue weighted by atomic mass is 9.83. The third-order valence-electron chi connectivity index (χ3n) is 8.95. The molecule has 1 aliphatic carbocycles. The minimum atomic E-state index is 0.577. The first-order valence-corrected chi connectivity index (χ1v) is 25.1. The molecular weight excluding hydrogens is 705 g/mol. The van der Waals surface area contributed by atoms with Gasteiger partial charge < -0.3 is 5.73 Å². The summed E-state index contributed by atoms with van der Waals surface area (Å²) >= 11 is 4.64. The highest BCUT2D eigenvalue weighted by Crippen LogP contribution is 2.34. The van der Waals surface area contributed by atoms with Crippen LogP contribution in [0.15, 0.2) is 54.2 Å². The van der Waals surface area contributed by atoms with Crippen molar-refractivity contribution in [2.75, 3.05) is 25.3 Å². The summed E-state index contributed by atoms with van der Waals surface area (Å²) in [4.78, 5) is 0. The average molecular weight is 809 g/mol. The van der Waals surface area contributed by atoms with Crippen molar-refractivity contribution in [2.45, 2.75) is 219 Å². The van der Waals surface area contributed by atoms with E-state index < -0.39 is 0 Å². The van der Waals surface area contributed by atoms with E-state index in [4.69, 9.17) is 5.73 Å². The van der Waals surface area contributed by atoms with Crippen LogP contribution in [-0.2, 0) is 0 Å². The summed E-state index contributed by atoms with van der Waals surface area (Å²) in [5, 5.41) is 0. The molecule has 3 atom stereocenters. The van der Waals surface area contributed by atoms with Gasteiger partial charge in [-0.3, -0.25) is 0 Å². The van der Waals surface area contributed by atoms with Gasteiger partial charge in [0.05, 0.1) is 0 Å². The third kappa shape index (κ3) is 39.5. The summed E-state index contributed by atoms with van der Waals surface area (Å²) < 4.78 is 0. The first kappa shape index (κ1) is 65.7. The second-order valence-electron chi connectivity index (χ2n) is 14.4. The number of hydrogen-bond donors (Lipinski definition) is 1. The molecule has 0 saturated heterocycles. The van der Waals surface area contributed by atoms with Gasteiger partial charge in [0.1, 0.15) is 0 Å². The summed E-state index contributed by atoms with van der Waals surface area (Å²) in [6.45, 7) is 43.4. The Kier molecular flexibility index (Phi) is 63.1. The van der Waals surface area contributed by atoms with Crippen molar-refractivity contribution in [2.24, 2.45) is 11.7 Å². The summed E-state index contributed by atoms with van der Waals surface area (Å²) in [7, 11) is 1.25. The molecule has 1 aromatic carbocycles. The normalized spacial score (nSPS) is 13.3. The first-order chi connectivity index (χ1) is 26.4. The van der Waals surface area contributed by atoms with Crippen LogP contribution in [0.4, 0.5) is 0 Å². The molecule has 0 amide bonds. The highest BCUT2D eigenvalue weighted by Gasteiger charge is 2.16. The molecule has 0 aliphatic heterocycles. The standard InChI is InChI=1S/C19H30.C11H25P.C11H18.C3H9N.C3H6.2C2H6.CH3Cl/c1-8-10-17-18(14(5)6)11-16(13(3)4)12-19(17)15(7)9-2;1-3-5-7-9-11-12-10-8-6-4-2;1-4-6-11-9(2)7-5-8-10(11)3;1-2-3-4;1-3-2;3*1-2/h8,10-15H,9H2,1-7H3;12H,3-11H2,1-2H3;5,7,9H,4,6,8H2,1-3H3;2-4H2,1H3;3H,1H2,2H3;2*1-2H3;1H3/b10-8+;;;;;;;. The molecule has 1 aromatic rings. The number of rotatable bonds is 17. The predicted octanol–water partition coefficient (Wildman–Crippen LogP) is 19.1. The number of halogens is 1. The van der Waals surface area contributed by atoms with Crippen molar-refractivity contribution in [3.8, 4) is 0 Å². The topological polar surface area (TPSA) is 26.0 Å². The van der Waals surface area contributed by atoms with E-state index in [-0.39, 0.29) is 0 Å². The second-order valence-corrected chi connectivity index (χ2v) is 15.9. The molecule has 0 spiro atoms. The molecule has 0 heterocycles. The van der Waals surface area contributed by atoms with E-state index >= 15 is 0 Å². The molecule has 328 valence electrons. The largest absolute Gasteiger partial charge is 0.330 e. The van der Waals surface area contributed by atoms with Crippen molar-refractivity contribution >= 4 is 26.3 Å². The van der Waals surface area contributed by atoms with Crippen LogP contribution in [0.5, 0.6) is 0 Å². The smallest absolute Gasteiger partial charge is 0.0108 e. The lowest BCUT2D eigenvalue weighted by molar-refractivity contribution is 0.704. The summed E-state index contributed by atoms with van der Waals surface area (Å²) in [5.74, 6) is 2.50. The summed E-state index contributed by atoms with van der Waals surface area (Å²) in [5.41, 5.74) is 14.3. The monoisotopic (exact) mass is 808 g/mol.